The van der Waals surface area contributed by atoms with Gasteiger partial charge in [0.25, 0.3) is 0 Å². The van der Waals surface area contributed by atoms with Crippen LogP contribution in [-0.2, 0) is 0 Å². The molecule has 0 bridgehead atoms. The van der Waals surface area contributed by atoms with E-state index >= 15 is 0 Å². The Kier molecular flexibility index (Phi) is 5.51. The van der Waals surface area contributed by atoms with Crippen molar-refractivity contribution in [3.63, 3.8) is 0 Å². The first-order valence-corrected chi connectivity index (χ1v) is 17.2. The van der Waals surface area contributed by atoms with E-state index in [1.54, 1.807) is 11.3 Å². The Hall–Kier alpha value is -6.30. The van der Waals surface area contributed by atoms with Crippen molar-refractivity contribution in [1.82, 2.24) is 14.5 Å². The summed E-state index contributed by atoms with van der Waals surface area (Å²) in [6, 6.07) is 53.2. The van der Waals surface area contributed by atoms with Gasteiger partial charge in [-0.1, -0.05) is 127 Å². The Morgan fingerprint density at radius 1 is 0.490 bits per heavy atom. The summed E-state index contributed by atoms with van der Waals surface area (Å²) < 4.78 is 11.4. The van der Waals surface area contributed by atoms with Crippen molar-refractivity contribution in [2.75, 3.05) is 0 Å². The Morgan fingerprint density at radius 2 is 1.14 bits per heavy atom. The van der Waals surface area contributed by atoms with Crippen molar-refractivity contribution in [2.45, 2.75) is 0 Å². The molecular formula is C44H25N3OS. The molecule has 11 aromatic rings. The van der Waals surface area contributed by atoms with Crippen molar-refractivity contribution >= 4 is 86.2 Å². The Morgan fingerprint density at radius 3 is 2.00 bits per heavy atom. The Labute approximate surface area is 284 Å². The topological polar surface area (TPSA) is 43.9 Å². The van der Waals surface area contributed by atoms with Gasteiger partial charge in [0.15, 0.2) is 5.58 Å². The molecule has 11 rings (SSSR count). The van der Waals surface area contributed by atoms with Crippen LogP contribution in [0, 0.1) is 0 Å². The molecule has 0 radical (unpaired) electrons. The van der Waals surface area contributed by atoms with Crippen LogP contribution >= 0.6 is 11.3 Å². The first-order valence-electron chi connectivity index (χ1n) is 16.4. The molecule has 228 valence electrons. The molecule has 7 aromatic carbocycles. The monoisotopic (exact) mass is 643 g/mol. The maximum Gasteiger partial charge on any atom is 0.235 e. The van der Waals surface area contributed by atoms with Gasteiger partial charge in [0.05, 0.1) is 26.9 Å². The van der Waals surface area contributed by atoms with Crippen LogP contribution in [0.15, 0.2) is 156 Å². The number of fused-ring (bicyclic) bond motifs is 13. The molecular weight excluding hydrogens is 619 g/mol. The standard InChI is InChI=1S/C44H25N3OS/c1-2-12-26(13-3-1)27-22-24-28(25-23-27)40-29-14-4-8-18-33(29)45-44(46-40)47-34-19-9-5-15-30(34)37-38-31-16-6-10-20-35(31)48-42(38)43-39(41(37)47)32-17-7-11-21-36(32)49-43/h1-25H. The Balaban J connectivity index is 1.29. The van der Waals surface area contributed by atoms with Gasteiger partial charge in [-0.15, -0.1) is 11.3 Å². The number of aromatic nitrogens is 3. The highest BCUT2D eigenvalue weighted by molar-refractivity contribution is 7.26. The largest absolute Gasteiger partial charge is 0.455 e. The van der Waals surface area contributed by atoms with Gasteiger partial charge in [-0.2, -0.15) is 0 Å². The average molecular weight is 644 g/mol. The molecule has 0 amide bonds. The second-order valence-corrected chi connectivity index (χ2v) is 13.6. The highest BCUT2D eigenvalue weighted by atomic mass is 32.1. The summed E-state index contributed by atoms with van der Waals surface area (Å²) in [5.74, 6) is 0.649. The van der Waals surface area contributed by atoms with Crippen LogP contribution in [0.4, 0.5) is 0 Å². The van der Waals surface area contributed by atoms with E-state index in [4.69, 9.17) is 14.4 Å². The lowest BCUT2D eigenvalue weighted by molar-refractivity contribution is 0.673. The number of para-hydroxylation sites is 3. The summed E-state index contributed by atoms with van der Waals surface area (Å²) in [4.78, 5) is 10.8. The third-order valence-corrected chi connectivity index (χ3v) is 11.0. The summed E-state index contributed by atoms with van der Waals surface area (Å²) in [5, 5.41) is 7.96. The molecule has 0 fully saturated rings. The fraction of sp³-hybridized carbons (Fsp3) is 0. The van der Waals surface area contributed by atoms with E-state index in [0.717, 1.165) is 70.6 Å². The quantitative estimate of drug-likeness (QED) is 0.192. The zero-order chi connectivity index (χ0) is 32.1. The predicted octanol–water partition coefficient (Wildman–Crippen LogP) is 12.3. The van der Waals surface area contributed by atoms with E-state index in [1.807, 2.05) is 12.1 Å². The van der Waals surface area contributed by atoms with Crippen LogP contribution in [0.3, 0.4) is 0 Å². The van der Waals surface area contributed by atoms with Crippen LogP contribution < -0.4 is 0 Å². The molecule has 5 heteroatoms. The number of hydrogen-bond donors (Lipinski definition) is 0. The fourth-order valence-corrected chi connectivity index (χ4v) is 8.86. The van der Waals surface area contributed by atoms with Gasteiger partial charge < -0.3 is 4.42 Å². The minimum Gasteiger partial charge on any atom is -0.455 e. The lowest BCUT2D eigenvalue weighted by atomic mass is 10.0. The molecule has 0 saturated carbocycles. The zero-order valence-electron chi connectivity index (χ0n) is 26.1. The van der Waals surface area contributed by atoms with Crippen molar-refractivity contribution in [1.29, 1.82) is 0 Å². The van der Waals surface area contributed by atoms with Crippen LogP contribution in [0.25, 0.3) is 103 Å². The summed E-state index contributed by atoms with van der Waals surface area (Å²) >= 11 is 1.79. The maximum absolute atomic E-state index is 6.71. The minimum atomic E-state index is 0.649. The van der Waals surface area contributed by atoms with Crippen molar-refractivity contribution in [3.05, 3.63) is 152 Å². The van der Waals surface area contributed by atoms with Crippen LogP contribution in [0.2, 0.25) is 0 Å². The van der Waals surface area contributed by atoms with Crippen molar-refractivity contribution in [2.24, 2.45) is 0 Å². The summed E-state index contributed by atoms with van der Waals surface area (Å²) in [6.07, 6.45) is 0. The molecule has 4 heterocycles. The summed E-state index contributed by atoms with van der Waals surface area (Å²) in [7, 11) is 0. The molecule has 0 aliphatic carbocycles. The van der Waals surface area contributed by atoms with Gasteiger partial charge in [-0.3, -0.25) is 4.57 Å². The number of thiophene rings is 1. The fourth-order valence-electron chi connectivity index (χ4n) is 7.67. The predicted molar refractivity (Wildman–Crippen MR) is 205 cm³/mol. The van der Waals surface area contributed by atoms with Gasteiger partial charge in [0.2, 0.25) is 5.95 Å². The highest BCUT2D eigenvalue weighted by Crippen LogP contribution is 2.50. The maximum atomic E-state index is 6.71. The van der Waals surface area contributed by atoms with Gasteiger partial charge in [0, 0.05) is 48.0 Å². The van der Waals surface area contributed by atoms with E-state index in [9.17, 15) is 0 Å². The smallest absolute Gasteiger partial charge is 0.235 e. The number of rotatable bonds is 3. The average Bonchev–Trinajstić information content (AvgIpc) is 3.85. The first-order chi connectivity index (χ1) is 24.3. The first kappa shape index (κ1) is 26.7. The van der Waals surface area contributed by atoms with E-state index in [2.05, 4.69) is 144 Å². The summed E-state index contributed by atoms with van der Waals surface area (Å²) in [6.45, 7) is 0. The highest BCUT2D eigenvalue weighted by Gasteiger charge is 2.26. The van der Waals surface area contributed by atoms with E-state index in [0.29, 0.717) is 5.95 Å². The third kappa shape index (κ3) is 3.79. The SMILES string of the molecule is c1ccc(-c2ccc(-c3nc(-n4c5ccccc5c5c6c7ccccc7oc6c6sc7ccccc7c6c54)nc4ccccc34)cc2)cc1. The van der Waals surface area contributed by atoms with E-state index in [-0.39, 0.29) is 0 Å². The third-order valence-electron chi connectivity index (χ3n) is 9.82. The summed E-state index contributed by atoms with van der Waals surface area (Å²) in [5.41, 5.74) is 9.23. The molecule has 0 unspecified atom stereocenters. The zero-order valence-corrected chi connectivity index (χ0v) is 26.9. The van der Waals surface area contributed by atoms with Crippen LogP contribution in [-0.4, -0.2) is 14.5 Å². The lowest BCUT2D eigenvalue weighted by Crippen LogP contribution is -2.03. The van der Waals surface area contributed by atoms with E-state index in [1.165, 1.54) is 26.6 Å². The van der Waals surface area contributed by atoms with E-state index < -0.39 is 0 Å². The molecule has 0 N–H and O–H groups in total. The molecule has 0 atom stereocenters. The number of benzene rings is 7. The van der Waals surface area contributed by atoms with Crippen molar-refractivity contribution in [3.8, 4) is 28.3 Å². The molecule has 0 saturated heterocycles. The van der Waals surface area contributed by atoms with Gasteiger partial charge in [-0.25, -0.2) is 9.97 Å². The second-order valence-electron chi connectivity index (χ2n) is 12.5. The molecule has 49 heavy (non-hydrogen) atoms. The molecule has 4 aromatic heterocycles. The molecule has 0 spiro atoms. The minimum absolute atomic E-state index is 0.649. The van der Waals surface area contributed by atoms with Crippen molar-refractivity contribution < 1.29 is 4.42 Å². The molecule has 4 nitrogen and oxygen atoms in total. The number of hydrogen-bond acceptors (Lipinski definition) is 4. The second kappa shape index (κ2) is 10.1. The lowest BCUT2D eigenvalue weighted by Gasteiger charge is -2.13. The molecule has 0 aliphatic rings. The van der Waals surface area contributed by atoms with Crippen LogP contribution in [0.5, 0.6) is 0 Å². The van der Waals surface area contributed by atoms with Gasteiger partial charge in [-0.05, 0) is 35.4 Å². The van der Waals surface area contributed by atoms with Crippen LogP contribution in [0.1, 0.15) is 0 Å². The van der Waals surface area contributed by atoms with Gasteiger partial charge >= 0.3 is 0 Å². The normalized spacial score (nSPS) is 12.1. The number of furan rings is 1. The molecule has 0 aliphatic heterocycles. The Bertz CT molecular complexity index is 3100. The van der Waals surface area contributed by atoms with Gasteiger partial charge in [0.1, 0.15) is 5.58 Å². The number of nitrogens with zero attached hydrogens (tertiary/aromatic N) is 3.